The third-order valence-electron chi connectivity index (χ3n) is 1.57. The zero-order valence-electron chi connectivity index (χ0n) is 6.00. The molecule has 0 aliphatic heterocycles. The standard InChI is InChI=1S/C8H4ClN3/c9-5-2-1-3-6-8(5)12-7(4-10)11-6/h1-3H,(H,11,12). The Bertz CT molecular complexity index is 467. The van der Waals surface area contributed by atoms with Crippen LogP contribution in [0.2, 0.25) is 5.02 Å². The quantitative estimate of drug-likeness (QED) is 0.670. The first-order valence-corrected chi connectivity index (χ1v) is 3.73. The summed E-state index contributed by atoms with van der Waals surface area (Å²) in [5, 5.41) is 9.10. The minimum absolute atomic E-state index is 0.290. The minimum atomic E-state index is 0.290. The molecule has 0 unspecified atom stereocenters. The van der Waals surface area contributed by atoms with Gasteiger partial charge in [-0.1, -0.05) is 17.7 Å². The van der Waals surface area contributed by atoms with E-state index in [1.807, 2.05) is 18.2 Å². The van der Waals surface area contributed by atoms with Crippen LogP contribution in [0.15, 0.2) is 18.2 Å². The summed E-state index contributed by atoms with van der Waals surface area (Å²) in [7, 11) is 0. The largest absolute Gasteiger partial charge is 0.329 e. The second kappa shape index (κ2) is 2.50. The molecule has 58 valence electrons. The number of halogens is 1. The number of nitriles is 1. The Balaban J connectivity index is 2.85. The molecule has 0 saturated heterocycles. The highest BCUT2D eigenvalue weighted by atomic mass is 35.5. The Hall–Kier alpha value is -1.53. The summed E-state index contributed by atoms with van der Waals surface area (Å²) >= 11 is 5.84. The van der Waals surface area contributed by atoms with Gasteiger partial charge in [0.15, 0.2) is 0 Å². The first kappa shape index (κ1) is 7.14. The Kier molecular flexibility index (Phi) is 1.49. The van der Waals surface area contributed by atoms with Crippen LogP contribution in [-0.4, -0.2) is 9.97 Å². The van der Waals surface area contributed by atoms with Gasteiger partial charge >= 0.3 is 0 Å². The van der Waals surface area contributed by atoms with E-state index in [2.05, 4.69) is 9.97 Å². The second-order valence-electron chi connectivity index (χ2n) is 2.33. The second-order valence-corrected chi connectivity index (χ2v) is 2.74. The minimum Gasteiger partial charge on any atom is -0.329 e. The van der Waals surface area contributed by atoms with Crippen LogP contribution in [0.25, 0.3) is 11.0 Å². The molecule has 0 radical (unpaired) electrons. The number of hydrogen-bond donors (Lipinski definition) is 1. The van der Waals surface area contributed by atoms with Crippen molar-refractivity contribution >= 4 is 22.6 Å². The summed E-state index contributed by atoms with van der Waals surface area (Å²) in [6, 6.07) is 7.30. The zero-order valence-corrected chi connectivity index (χ0v) is 6.76. The van der Waals surface area contributed by atoms with Gasteiger partial charge in [0, 0.05) is 0 Å². The van der Waals surface area contributed by atoms with Gasteiger partial charge < -0.3 is 4.98 Å². The lowest BCUT2D eigenvalue weighted by molar-refractivity contribution is 1.25. The van der Waals surface area contributed by atoms with Crippen molar-refractivity contribution in [2.24, 2.45) is 0 Å². The number of H-pyrrole nitrogens is 1. The van der Waals surface area contributed by atoms with Gasteiger partial charge in [0.25, 0.3) is 0 Å². The molecular weight excluding hydrogens is 174 g/mol. The molecule has 1 heterocycles. The van der Waals surface area contributed by atoms with E-state index < -0.39 is 0 Å². The maximum absolute atomic E-state index is 8.54. The van der Waals surface area contributed by atoms with E-state index in [4.69, 9.17) is 16.9 Å². The Morgan fingerprint density at radius 3 is 3.00 bits per heavy atom. The molecule has 2 rings (SSSR count). The van der Waals surface area contributed by atoms with E-state index in [0.717, 1.165) is 5.52 Å². The highest BCUT2D eigenvalue weighted by molar-refractivity contribution is 6.34. The number of aromatic nitrogens is 2. The van der Waals surface area contributed by atoms with Crippen LogP contribution in [0.5, 0.6) is 0 Å². The lowest BCUT2D eigenvalue weighted by Gasteiger charge is -1.87. The van der Waals surface area contributed by atoms with Gasteiger partial charge in [0.2, 0.25) is 5.82 Å². The van der Waals surface area contributed by atoms with Gasteiger partial charge in [-0.25, -0.2) is 4.98 Å². The molecule has 1 N–H and O–H groups in total. The lowest BCUT2D eigenvalue weighted by atomic mass is 10.3. The average Bonchev–Trinajstić information content (AvgIpc) is 2.49. The summed E-state index contributed by atoms with van der Waals surface area (Å²) in [6.45, 7) is 0. The van der Waals surface area contributed by atoms with Crippen molar-refractivity contribution in [3.05, 3.63) is 29.0 Å². The molecule has 0 spiro atoms. The van der Waals surface area contributed by atoms with Gasteiger partial charge in [-0.2, -0.15) is 5.26 Å². The van der Waals surface area contributed by atoms with E-state index in [1.165, 1.54) is 0 Å². The Morgan fingerprint density at radius 1 is 1.50 bits per heavy atom. The van der Waals surface area contributed by atoms with Crippen molar-refractivity contribution in [3.63, 3.8) is 0 Å². The molecule has 12 heavy (non-hydrogen) atoms. The fourth-order valence-corrected chi connectivity index (χ4v) is 1.27. The molecule has 0 amide bonds. The molecule has 0 aliphatic rings. The van der Waals surface area contributed by atoms with Crippen LogP contribution in [0.4, 0.5) is 0 Å². The predicted octanol–water partition coefficient (Wildman–Crippen LogP) is 2.09. The van der Waals surface area contributed by atoms with Crippen molar-refractivity contribution in [1.29, 1.82) is 5.26 Å². The SMILES string of the molecule is N#Cc1nc2c(Cl)cccc2[nH]1. The molecule has 3 nitrogen and oxygen atoms in total. The van der Waals surface area contributed by atoms with Crippen molar-refractivity contribution in [2.75, 3.05) is 0 Å². The van der Waals surface area contributed by atoms with E-state index >= 15 is 0 Å². The van der Waals surface area contributed by atoms with Gasteiger partial charge in [-0.05, 0) is 12.1 Å². The highest BCUT2D eigenvalue weighted by Crippen LogP contribution is 2.20. The average molecular weight is 178 g/mol. The Morgan fingerprint density at radius 2 is 2.33 bits per heavy atom. The van der Waals surface area contributed by atoms with Crippen molar-refractivity contribution in [2.45, 2.75) is 0 Å². The third-order valence-corrected chi connectivity index (χ3v) is 1.87. The number of fused-ring (bicyclic) bond motifs is 1. The Labute approximate surface area is 73.6 Å². The smallest absolute Gasteiger partial charge is 0.211 e. The van der Waals surface area contributed by atoms with Crippen molar-refractivity contribution in [3.8, 4) is 6.07 Å². The molecule has 1 aromatic heterocycles. The van der Waals surface area contributed by atoms with Crippen LogP contribution >= 0.6 is 11.6 Å². The number of benzene rings is 1. The van der Waals surface area contributed by atoms with Gasteiger partial charge in [-0.3, -0.25) is 0 Å². The summed E-state index contributed by atoms with van der Waals surface area (Å²) in [5.74, 6) is 0.290. The molecule has 0 aliphatic carbocycles. The number of nitrogens with one attached hydrogen (secondary N) is 1. The summed E-state index contributed by atoms with van der Waals surface area (Å²) in [6.07, 6.45) is 0. The maximum atomic E-state index is 8.54. The molecule has 0 saturated carbocycles. The number of aromatic amines is 1. The van der Waals surface area contributed by atoms with Crippen LogP contribution in [0.1, 0.15) is 5.82 Å². The van der Waals surface area contributed by atoms with E-state index in [9.17, 15) is 0 Å². The molecule has 0 atom stereocenters. The van der Waals surface area contributed by atoms with Crippen LogP contribution in [0, 0.1) is 11.3 Å². The third kappa shape index (κ3) is 0.936. The molecule has 1 aromatic carbocycles. The van der Waals surface area contributed by atoms with Crippen LogP contribution in [-0.2, 0) is 0 Å². The van der Waals surface area contributed by atoms with E-state index in [0.29, 0.717) is 10.5 Å². The summed E-state index contributed by atoms with van der Waals surface area (Å²) < 4.78 is 0. The number of para-hydroxylation sites is 1. The van der Waals surface area contributed by atoms with Gasteiger partial charge in [0.1, 0.15) is 11.6 Å². The van der Waals surface area contributed by atoms with Crippen molar-refractivity contribution < 1.29 is 0 Å². The van der Waals surface area contributed by atoms with Crippen LogP contribution < -0.4 is 0 Å². The van der Waals surface area contributed by atoms with E-state index in [1.54, 1.807) is 6.07 Å². The van der Waals surface area contributed by atoms with Gasteiger partial charge in [0.05, 0.1) is 10.5 Å². The number of hydrogen-bond acceptors (Lipinski definition) is 2. The number of nitrogens with zero attached hydrogens (tertiary/aromatic N) is 2. The van der Waals surface area contributed by atoms with E-state index in [-0.39, 0.29) is 5.82 Å². The predicted molar refractivity (Wildman–Crippen MR) is 45.8 cm³/mol. The van der Waals surface area contributed by atoms with Crippen LogP contribution in [0.3, 0.4) is 0 Å². The number of rotatable bonds is 0. The summed E-state index contributed by atoms with van der Waals surface area (Å²) in [5.41, 5.74) is 1.44. The highest BCUT2D eigenvalue weighted by Gasteiger charge is 2.03. The summed E-state index contributed by atoms with van der Waals surface area (Å²) in [4.78, 5) is 6.81. The van der Waals surface area contributed by atoms with Gasteiger partial charge in [-0.15, -0.1) is 0 Å². The molecule has 0 fully saturated rings. The molecule has 0 bridgehead atoms. The monoisotopic (exact) mass is 177 g/mol. The zero-order chi connectivity index (χ0) is 8.55. The number of imidazole rings is 1. The first-order chi connectivity index (χ1) is 5.81. The lowest BCUT2D eigenvalue weighted by Crippen LogP contribution is -1.72. The van der Waals surface area contributed by atoms with Crippen molar-refractivity contribution in [1.82, 2.24) is 9.97 Å². The normalized spacial score (nSPS) is 10.0. The maximum Gasteiger partial charge on any atom is 0.211 e. The fraction of sp³-hybridized carbons (Fsp3) is 0. The molecule has 2 aromatic rings. The topological polar surface area (TPSA) is 52.5 Å². The fourth-order valence-electron chi connectivity index (χ4n) is 1.05. The molecular formula is C8H4ClN3. The first-order valence-electron chi connectivity index (χ1n) is 3.35. The molecule has 4 heteroatoms.